The summed E-state index contributed by atoms with van der Waals surface area (Å²) in [5, 5.41) is 0. The SMILES string of the molecule is O=C1c2ccccc2C(=O)N1c1ccc(C(F)(F)F)cc1C(F)(F)F. The minimum Gasteiger partial charge on any atom is -0.268 e. The zero-order chi connectivity index (χ0) is 18.6. The summed E-state index contributed by atoms with van der Waals surface area (Å²) < 4.78 is 77.9. The summed E-state index contributed by atoms with van der Waals surface area (Å²) in [4.78, 5) is 24.8. The normalized spacial score (nSPS) is 14.9. The maximum atomic E-state index is 13.2. The van der Waals surface area contributed by atoms with Gasteiger partial charge in [0.1, 0.15) is 0 Å². The topological polar surface area (TPSA) is 37.4 Å². The van der Waals surface area contributed by atoms with Gasteiger partial charge in [-0.3, -0.25) is 9.59 Å². The summed E-state index contributed by atoms with van der Waals surface area (Å²) in [6.45, 7) is 0. The van der Waals surface area contributed by atoms with Gasteiger partial charge in [0.15, 0.2) is 0 Å². The quantitative estimate of drug-likeness (QED) is 0.554. The Morgan fingerprint density at radius 1 is 0.720 bits per heavy atom. The van der Waals surface area contributed by atoms with E-state index < -0.39 is 41.0 Å². The van der Waals surface area contributed by atoms with E-state index in [2.05, 4.69) is 0 Å². The van der Waals surface area contributed by atoms with Crippen LogP contribution in [0.3, 0.4) is 0 Å². The second-order valence-corrected chi connectivity index (χ2v) is 5.22. The third kappa shape index (κ3) is 2.75. The largest absolute Gasteiger partial charge is 0.418 e. The van der Waals surface area contributed by atoms with Crippen LogP contribution in [0.5, 0.6) is 0 Å². The molecule has 3 nitrogen and oxygen atoms in total. The van der Waals surface area contributed by atoms with Crippen molar-refractivity contribution in [3.63, 3.8) is 0 Å². The van der Waals surface area contributed by atoms with Gasteiger partial charge in [-0.25, -0.2) is 4.90 Å². The summed E-state index contributed by atoms with van der Waals surface area (Å²) >= 11 is 0. The first-order valence-electron chi connectivity index (χ1n) is 6.78. The fraction of sp³-hybridized carbons (Fsp3) is 0.125. The molecular formula is C16H7F6NO2. The molecule has 3 rings (SSSR count). The Hall–Kier alpha value is -2.84. The number of fused-ring (bicyclic) bond motifs is 1. The molecule has 0 unspecified atom stereocenters. The fourth-order valence-corrected chi connectivity index (χ4v) is 2.54. The van der Waals surface area contributed by atoms with Crippen molar-refractivity contribution in [3.05, 3.63) is 64.7 Å². The van der Waals surface area contributed by atoms with Gasteiger partial charge in [0, 0.05) is 0 Å². The van der Waals surface area contributed by atoms with Crippen molar-refractivity contribution in [2.45, 2.75) is 12.4 Å². The van der Waals surface area contributed by atoms with Gasteiger partial charge >= 0.3 is 12.4 Å². The number of anilines is 1. The Morgan fingerprint density at radius 3 is 1.68 bits per heavy atom. The summed E-state index contributed by atoms with van der Waals surface area (Å²) in [7, 11) is 0. The average Bonchev–Trinajstić information content (AvgIpc) is 2.77. The molecule has 1 aliphatic heterocycles. The van der Waals surface area contributed by atoms with Crippen LogP contribution < -0.4 is 4.90 Å². The fourth-order valence-electron chi connectivity index (χ4n) is 2.54. The third-order valence-electron chi connectivity index (χ3n) is 3.66. The standard InChI is InChI=1S/C16H7F6NO2/c17-15(18,19)8-5-6-12(11(7-8)16(20,21)22)23-13(24)9-3-1-2-4-10(9)14(23)25/h1-7H. The zero-order valence-corrected chi connectivity index (χ0v) is 12.1. The number of imide groups is 1. The molecule has 1 aliphatic rings. The molecule has 0 bridgehead atoms. The van der Waals surface area contributed by atoms with Gasteiger partial charge in [0.25, 0.3) is 11.8 Å². The predicted molar refractivity (Wildman–Crippen MR) is 74.0 cm³/mol. The van der Waals surface area contributed by atoms with Crippen LogP contribution in [-0.4, -0.2) is 11.8 Å². The molecule has 0 fully saturated rings. The Kier molecular flexibility index (Phi) is 3.63. The zero-order valence-electron chi connectivity index (χ0n) is 12.1. The highest BCUT2D eigenvalue weighted by Gasteiger charge is 2.44. The van der Waals surface area contributed by atoms with Gasteiger partial charge in [-0.1, -0.05) is 12.1 Å². The number of nitrogens with zero attached hydrogens (tertiary/aromatic N) is 1. The van der Waals surface area contributed by atoms with E-state index in [1.807, 2.05) is 0 Å². The lowest BCUT2D eigenvalue weighted by molar-refractivity contribution is -0.142. The molecule has 0 aromatic heterocycles. The van der Waals surface area contributed by atoms with Crippen molar-refractivity contribution in [3.8, 4) is 0 Å². The number of alkyl halides is 6. The minimum atomic E-state index is -5.19. The van der Waals surface area contributed by atoms with E-state index >= 15 is 0 Å². The molecule has 0 saturated carbocycles. The second-order valence-electron chi connectivity index (χ2n) is 5.22. The summed E-state index contributed by atoms with van der Waals surface area (Å²) in [5.74, 6) is -2.04. The first-order valence-corrected chi connectivity index (χ1v) is 6.78. The molecule has 9 heteroatoms. The van der Waals surface area contributed by atoms with Gasteiger partial charge in [-0.2, -0.15) is 26.3 Å². The number of benzene rings is 2. The lowest BCUT2D eigenvalue weighted by atomic mass is 10.1. The molecule has 2 aromatic carbocycles. The molecular weight excluding hydrogens is 352 g/mol. The van der Waals surface area contributed by atoms with Crippen molar-refractivity contribution >= 4 is 17.5 Å². The van der Waals surface area contributed by atoms with Crippen molar-refractivity contribution in [2.75, 3.05) is 4.90 Å². The molecule has 25 heavy (non-hydrogen) atoms. The number of hydrogen-bond acceptors (Lipinski definition) is 2. The van der Waals surface area contributed by atoms with Crippen LogP contribution in [0.4, 0.5) is 32.0 Å². The first kappa shape index (κ1) is 17.0. The molecule has 0 saturated heterocycles. The van der Waals surface area contributed by atoms with Crippen LogP contribution >= 0.6 is 0 Å². The summed E-state index contributed by atoms with van der Waals surface area (Å²) in [6.07, 6.45) is -10.2. The van der Waals surface area contributed by atoms with Crippen LogP contribution in [0.15, 0.2) is 42.5 Å². The van der Waals surface area contributed by atoms with Gasteiger partial charge in [-0.15, -0.1) is 0 Å². The van der Waals surface area contributed by atoms with Crippen LogP contribution in [-0.2, 0) is 12.4 Å². The van der Waals surface area contributed by atoms with E-state index in [0.717, 1.165) is 0 Å². The highest BCUT2D eigenvalue weighted by molar-refractivity contribution is 6.34. The molecule has 0 radical (unpaired) electrons. The van der Waals surface area contributed by atoms with E-state index in [1.54, 1.807) is 0 Å². The maximum absolute atomic E-state index is 13.2. The number of carbonyl (C=O) groups excluding carboxylic acids is 2. The van der Waals surface area contributed by atoms with Crippen LogP contribution in [0, 0.1) is 0 Å². The van der Waals surface area contributed by atoms with Crippen LogP contribution in [0.2, 0.25) is 0 Å². The lowest BCUT2D eigenvalue weighted by Gasteiger charge is -2.21. The second kappa shape index (κ2) is 5.33. The Morgan fingerprint density at radius 2 is 1.24 bits per heavy atom. The van der Waals surface area contributed by atoms with Gasteiger partial charge in [0.2, 0.25) is 0 Å². The van der Waals surface area contributed by atoms with E-state index in [9.17, 15) is 35.9 Å². The Labute approximate surface area is 136 Å². The summed E-state index contributed by atoms with van der Waals surface area (Å²) in [5.41, 5.74) is -4.40. The molecule has 0 aliphatic carbocycles. The van der Waals surface area contributed by atoms with Crippen LogP contribution in [0.1, 0.15) is 31.8 Å². The molecule has 2 aromatic rings. The van der Waals surface area contributed by atoms with Gasteiger partial charge < -0.3 is 0 Å². The molecule has 1 heterocycles. The third-order valence-corrected chi connectivity index (χ3v) is 3.66. The van der Waals surface area contributed by atoms with Crippen molar-refractivity contribution in [1.82, 2.24) is 0 Å². The molecule has 0 spiro atoms. The molecule has 2 amide bonds. The Balaban J connectivity index is 2.19. The molecule has 130 valence electrons. The van der Waals surface area contributed by atoms with Crippen molar-refractivity contribution in [2.24, 2.45) is 0 Å². The van der Waals surface area contributed by atoms with E-state index in [-0.39, 0.29) is 22.1 Å². The first-order chi connectivity index (χ1) is 11.5. The number of rotatable bonds is 1. The van der Waals surface area contributed by atoms with Crippen molar-refractivity contribution < 1.29 is 35.9 Å². The lowest BCUT2D eigenvalue weighted by Crippen LogP contribution is -2.31. The molecule has 0 atom stereocenters. The van der Waals surface area contributed by atoms with Crippen molar-refractivity contribution in [1.29, 1.82) is 0 Å². The van der Waals surface area contributed by atoms with E-state index in [0.29, 0.717) is 12.1 Å². The highest BCUT2D eigenvalue weighted by Crippen LogP contribution is 2.42. The minimum absolute atomic E-state index is 0.111. The number of hydrogen-bond donors (Lipinski definition) is 0. The summed E-state index contributed by atoms with van der Waals surface area (Å²) in [6, 6.07) is 6.12. The smallest absolute Gasteiger partial charge is 0.268 e. The van der Waals surface area contributed by atoms with Gasteiger partial charge in [0.05, 0.1) is 27.9 Å². The van der Waals surface area contributed by atoms with E-state index in [4.69, 9.17) is 0 Å². The maximum Gasteiger partial charge on any atom is 0.418 e. The number of carbonyl (C=O) groups is 2. The number of amides is 2. The molecule has 0 N–H and O–H groups in total. The predicted octanol–water partition coefficient (Wildman–Crippen LogP) is 4.52. The monoisotopic (exact) mass is 359 g/mol. The Bertz CT molecular complexity index is 850. The number of halogens is 6. The highest BCUT2D eigenvalue weighted by atomic mass is 19.4. The average molecular weight is 359 g/mol. The van der Waals surface area contributed by atoms with E-state index in [1.165, 1.54) is 24.3 Å². The van der Waals surface area contributed by atoms with Gasteiger partial charge in [-0.05, 0) is 30.3 Å². The van der Waals surface area contributed by atoms with Crippen LogP contribution in [0.25, 0.3) is 0 Å².